The molecule has 27 heavy (non-hydrogen) atoms. The maximum absolute atomic E-state index is 14.9. The molecule has 2 aromatic heterocycles. The number of aromatic nitrogens is 2. The Morgan fingerprint density at radius 2 is 2.00 bits per heavy atom. The molecule has 0 aliphatic rings. The van der Waals surface area contributed by atoms with E-state index in [0.29, 0.717) is 15.5 Å². The lowest BCUT2D eigenvalue weighted by Gasteiger charge is -2.17. The molecular formula is C17H16BrF2N3O3S. The van der Waals surface area contributed by atoms with E-state index in [1.54, 1.807) is 6.07 Å². The van der Waals surface area contributed by atoms with E-state index in [9.17, 15) is 22.3 Å². The first-order valence-corrected chi connectivity index (χ1v) is 10.3. The number of aliphatic hydroxyl groups is 1. The van der Waals surface area contributed by atoms with Gasteiger partial charge in [-0.25, -0.2) is 22.2 Å². The summed E-state index contributed by atoms with van der Waals surface area (Å²) in [5.74, 6) is -2.17. The van der Waals surface area contributed by atoms with Crippen molar-refractivity contribution in [2.75, 3.05) is 4.72 Å². The van der Waals surface area contributed by atoms with Crippen molar-refractivity contribution < 1.29 is 22.3 Å². The minimum Gasteiger partial charge on any atom is -0.383 e. The van der Waals surface area contributed by atoms with Gasteiger partial charge in [0.25, 0.3) is 0 Å². The number of nitrogens with zero attached hydrogens (tertiary/aromatic N) is 1. The first-order chi connectivity index (χ1) is 12.6. The minimum atomic E-state index is -3.84. The first-order valence-electron chi connectivity index (χ1n) is 7.92. The van der Waals surface area contributed by atoms with Gasteiger partial charge in [-0.1, -0.05) is 0 Å². The summed E-state index contributed by atoms with van der Waals surface area (Å²) in [4.78, 5) is 6.94. The number of nitrogens with one attached hydrogen (secondary N) is 2. The largest absolute Gasteiger partial charge is 0.383 e. The second-order valence-corrected chi connectivity index (χ2v) is 9.37. The molecule has 0 saturated carbocycles. The molecule has 6 nitrogen and oxygen atoms in total. The summed E-state index contributed by atoms with van der Waals surface area (Å²) in [5.41, 5.74) is -0.441. The average molecular weight is 460 g/mol. The second kappa shape index (κ2) is 7.17. The van der Waals surface area contributed by atoms with Crippen LogP contribution in [0.1, 0.15) is 31.1 Å². The normalized spacial score (nSPS) is 13.3. The number of halogens is 3. The number of H-pyrrole nitrogens is 1. The van der Waals surface area contributed by atoms with Crippen molar-refractivity contribution in [2.24, 2.45) is 0 Å². The van der Waals surface area contributed by atoms with Crippen LogP contribution < -0.4 is 4.72 Å². The highest BCUT2D eigenvalue weighted by Crippen LogP contribution is 2.34. The van der Waals surface area contributed by atoms with Gasteiger partial charge < -0.3 is 10.1 Å². The van der Waals surface area contributed by atoms with Crippen LogP contribution in [0.15, 0.2) is 35.1 Å². The molecule has 0 saturated heterocycles. The number of sulfonamides is 1. The molecule has 3 aromatic rings. The Bertz CT molecular complexity index is 1120. The molecular weight excluding hydrogens is 444 g/mol. The van der Waals surface area contributed by atoms with Gasteiger partial charge >= 0.3 is 0 Å². The highest BCUT2D eigenvalue weighted by atomic mass is 79.9. The van der Waals surface area contributed by atoms with Gasteiger partial charge in [-0.15, -0.1) is 0 Å². The molecule has 0 bridgehead atoms. The SMILES string of the molecule is CC(C)S(=O)(=O)Nc1ccc(F)c(C(O)c2c[nH]c3ncc(Br)cc23)c1F. The molecule has 0 spiro atoms. The topological polar surface area (TPSA) is 95.1 Å². The monoisotopic (exact) mass is 459 g/mol. The minimum absolute atomic E-state index is 0.209. The van der Waals surface area contributed by atoms with Crippen molar-refractivity contribution in [3.8, 4) is 0 Å². The number of fused-ring (bicyclic) bond motifs is 1. The van der Waals surface area contributed by atoms with Crippen LogP contribution in [0.2, 0.25) is 0 Å². The Balaban J connectivity index is 2.10. The second-order valence-electron chi connectivity index (χ2n) is 6.21. The van der Waals surface area contributed by atoms with Crippen LogP contribution in [0, 0.1) is 11.6 Å². The van der Waals surface area contributed by atoms with Gasteiger partial charge in [-0.05, 0) is 48.0 Å². The van der Waals surface area contributed by atoms with E-state index in [4.69, 9.17) is 0 Å². The van der Waals surface area contributed by atoms with E-state index in [-0.39, 0.29) is 5.56 Å². The Kier molecular flexibility index (Phi) is 5.24. The van der Waals surface area contributed by atoms with Crippen LogP contribution in [-0.4, -0.2) is 28.7 Å². The molecule has 2 heterocycles. The summed E-state index contributed by atoms with van der Waals surface area (Å²) >= 11 is 3.26. The van der Waals surface area contributed by atoms with Crippen molar-refractivity contribution in [3.05, 3.63) is 57.8 Å². The zero-order valence-electron chi connectivity index (χ0n) is 14.3. The maximum atomic E-state index is 14.9. The molecule has 1 atom stereocenters. The summed E-state index contributed by atoms with van der Waals surface area (Å²) < 4.78 is 56.0. The van der Waals surface area contributed by atoms with E-state index in [0.717, 1.165) is 12.1 Å². The summed E-state index contributed by atoms with van der Waals surface area (Å²) in [6.07, 6.45) is 1.27. The standard InChI is InChI=1S/C17H16BrF2N3O3S/c1-8(2)27(25,26)23-13-4-3-12(19)14(15(13)20)16(24)11-7-22-17-10(11)5-9(18)6-21-17/h3-8,16,23-24H,1-2H3,(H,21,22). The zero-order valence-corrected chi connectivity index (χ0v) is 16.7. The van der Waals surface area contributed by atoms with Crippen LogP contribution >= 0.6 is 15.9 Å². The van der Waals surface area contributed by atoms with Crippen LogP contribution in [0.5, 0.6) is 0 Å². The number of aromatic amines is 1. The van der Waals surface area contributed by atoms with Gasteiger partial charge in [0.15, 0.2) is 5.82 Å². The third-order valence-corrected chi connectivity index (χ3v) is 6.28. The number of anilines is 1. The third kappa shape index (κ3) is 3.69. The van der Waals surface area contributed by atoms with Crippen molar-refractivity contribution in [1.82, 2.24) is 9.97 Å². The van der Waals surface area contributed by atoms with Crippen LogP contribution in [-0.2, 0) is 10.0 Å². The maximum Gasteiger partial charge on any atom is 0.235 e. The van der Waals surface area contributed by atoms with E-state index >= 15 is 0 Å². The molecule has 144 valence electrons. The van der Waals surface area contributed by atoms with Crippen LogP contribution in [0.4, 0.5) is 14.5 Å². The fourth-order valence-corrected chi connectivity index (χ4v) is 3.58. The number of rotatable bonds is 5. The van der Waals surface area contributed by atoms with Gasteiger partial charge in [-0.3, -0.25) is 4.72 Å². The first kappa shape index (κ1) is 19.7. The quantitative estimate of drug-likeness (QED) is 0.540. The fourth-order valence-electron chi connectivity index (χ4n) is 2.55. The molecule has 10 heteroatoms. The lowest BCUT2D eigenvalue weighted by Crippen LogP contribution is -2.23. The molecule has 0 radical (unpaired) electrons. The van der Waals surface area contributed by atoms with E-state index in [1.165, 1.54) is 26.2 Å². The van der Waals surface area contributed by atoms with Crippen molar-refractivity contribution in [3.63, 3.8) is 0 Å². The van der Waals surface area contributed by atoms with Gasteiger partial charge in [0.1, 0.15) is 17.6 Å². The van der Waals surface area contributed by atoms with E-state index in [2.05, 4.69) is 30.6 Å². The molecule has 0 amide bonds. The molecule has 0 aliphatic carbocycles. The van der Waals surface area contributed by atoms with E-state index < -0.39 is 44.3 Å². The smallest absolute Gasteiger partial charge is 0.235 e. The van der Waals surface area contributed by atoms with Gasteiger partial charge in [-0.2, -0.15) is 0 Å². The zero-order chi connectivity index (χ0) is 19.9. The van der Waals surface area contributed by atoms with Crippen molar-refractivity contribution in [1.29, 1.82) is 0 Å². The lowest BCUT2D eigenvalue weighted by molar-refractivity contribution is 0.211. The summed E-state index contributed by atoms with van der Waals surface area (Å²) in [7, 11) is -3.84. The van der Waals surface area contributed by atoms with E-state index in [1.807, 2.05) is 0 Å². The predicted octanol–water partition coefficient (Wildman–Crippen LogP) is 3.84. The molecule has 0 fully saturated rings. The summed E-state index contributed by atoms with van der Waals surface area (Å²) in [6.45, 7) is 2.85. The fraction of sp³-hybridized carbons (Fsp3) is 0.235. The number of benzene rings is 1. The lowest BCUT2D eigenvalue weighted by atomic mass is 10.00. The highest BCUT2D eigenvalue weighted by molar-refractivity contribution is 9.10. The third-order valence-electron chi connectivity index (χ3n) is 4.10. The van der Waals surface area contributed by atoms with Gasteiger partial charge in [0, 0.05) is 27.8 Å². The molecule has 0 aliphatic heterocycles. The van der Waals surface area contributed by atoms with Crippen molar-refractivity contribution in [2.45, 2.75) is 25.2 Å². The van der Waals surface area contributed by atoms with Gasteiger partial charge in [0.2, 0.25) is 10.0 Å². The van der Waals surface area contributed by atoms with Gasteiger partial charge in [0.05, 0.1) is 16.5 Å². The van der Waals surface area contributed by atoms with Crippen molar-refractivity contribution >= 4 is 42.7 Å². The number of hydrogen-bond acceptors (Lipinski definition) is 4. The number of pyridine rings is 1. The predicted molar refractivity (Wildman–Crippen MR) is 102 cm³/mol. The average Bonchev–Trinajstić information content (AvgIpc) is 3.00. The Morgan fingerprint density at radius 3 is 2.67 bits per heavy atom. The molecule has 1 aromatic carbocycles. The molecule has 3 rings (SSSR count). The Hall–Kier alpha value is -2.04. The summed E-state index contributed by atoms with van der Waals surface area (Å²) in [6, 6.07) is 3.54. The van der Waals surface area contributed by atoms with Crippen LogP contribution in [0.25, 0.3) is 11.0 Å². The summed E-state index contributed by atoms with van der Waals surface area (Å²) in [5, 5.41) is 10.3. The Morgan fingerprint density at radius 1 is 1.30 bits per heavy atom. The number of aliphatic hydroxyl groups excluding tert-OH is 1. The molecule has 3 N–H and O–H groups in total. The Labute approximate surface area is 162 Å². The number of hydrogen-bond donors (Lipinski definition) is 3. The highest BCUT2D eigenvalue weighted by Gasteiger charge is 2.27. The molecule has 1 unspecified atom stereocenters. The van der Waals surface area contributed by atoms with Crippen LogP contribution in [0.3, 0.4) is 0 Å².